The maximum atomic E-state index is 6.05. The zero-order valence-electron chi connectivity index (χ0n) is 8.11. The molecule has 17 heavy (non-hydrogen) atoms. The minimum absolute atomic E-state index is 0.0903. The Balaban J connectivity index is 2.38. The lowest BCUT2D eigenvalue weighted by Gasteiger charge is -2.14. The molecule has 0 radical (unpaired) electrons. The molecule has 1 aliphatic rings. The smallest absolute Gasteiger partial charge is 0.155 e. The topological polar surface area (TPSA) is 21.8 Å². The summed E-state index contributed by atoms with van der Waals surface area (Å²) in [6.07, 6.45) is 0.0903. The van der Waals surface area contributed by atoms with Gasteiger partial charge in [0.2, 0.25) is 0 Å². The highest BCUT2D eigenvalue weighted by Crippen LogP contribution is 2.50. The van der Waals surface area contributed by atoms with Gasteiger partial charge in [-0.05, 0) is 21.7 Å². The molecule has 2 nitrogen and oxygen atoms in total. The summed E-state index contributed by atoms with van der Waals surface area (Å²) in [5.41, 5.74) is 0. The number of epoxide rings is 1. The van der Waals surface area contributed by atoms with Gasteiger partial charge in [0.25, 0.3) is 0 Å². The largest absolute Gasteiger partial charge is 0.488 e. The molecule has 0 spiro atoms. The van der Waals surface area contributed by atoms with Gasteiger partial charge in [0.15, 0.2) is 5.75 Å². The first-order valence-electron chi connectivity index (χ1n) is 4.45. The van der Waals surface area contributed by atoms with Gasteiger partial charge in [0, 0.05) is 0 Å². The minimum atomic E-state index is 0.0903. The molecule has 0 amide bonds. The molecule has 1 heterocycles. The molecule has 0 aromatic heterocycles. The van der Waals surface area contributed by atoms with E-state index in [0.29, 0.717) is 23.9 Å². The van der Waals surface area contributed by atoms with Crippen LogP contribution < -0.4 is 4.74 Å². The van der Waals surface area contributed by atoms with Crippen LogP contribution in [0, 0.1) is 0 Å². The van der Waals surface area contributed by atoms with Crippen LogP contribution in [0.3, 0.4) is 0 Å². The van der Waals surface area contributed by atoms with Gasteiger partial charge in [0.05, 0.1) is 26.6 Å². The molecule has 0 N–H and O–H groups in total. The third-order valence-electron chi connectivity index (χ3n) is 2.08. The number of rotatable bonds is 4. The summed E-state index contributed by atoms with van der Waals surface area (Å²) in [7, 11) is 6.60. The standard InChI is InChI=1S/C9H5Cl5O2S/c10-4-5(11)7(13)9(17-14)8(6(4)12)16-2-3-1-15-3/h3H,1-2H2. The van der Waals surface area contributed by atoms with Gasteiger partial charge in [0.1, 0.15) is 17.7 Å². The Kier molecular flexibility index (Phi) is 4.86. The Labute approximate surface area is 127 Å². The van der Waals surface area contributed by atoms with E-state index in [1.54, 1.807) is 0 Å². The average molecular weight is 354 g/mol. The van der Waals surface area contributed by atoms with Crippen molar-refractivity contribution in [3.63, 3.8) is 0 Å². The molecule has 1 aromatic rings. The van der Waals surface area contributed by atoms with Crippen LogP contribution in [-0.2, 0) is 4.74 Å². The first-order chi connectivity index (χ1) is 8.06. The fraction of sp³-hybridized carbons (Fsp3) is 0.333. The molecule has 2 rings (SSSR count). The maximum Gasteiger partial charge on any atom is 0.155 e. The van der Waals surface area contributed by atoms with Crippen molar-refractivity contribution in [1.82, 2.24) is 0 Å². The highest BCUT2D eigenvalue weighted by Gasteiger charge is 2.27. The van der Waals surface area contributed by atoms with Crippen molar-refractivity contribution in [2.24, 2.45) is 0 Å². The lowest BCUT2D eigenvalue weighted by molar-refractivity contribution is 0.258. The summed E-state index contributed by atoms with van der Waals surface area (Å²) in [6.45, 7) is 1.05. The summed E-state index contributed by atoms with van der Waals surface area (Å²) >= 11 is 23.9. The summed E-state index contributed by atoms with van der Waals surface area (Å²) in [6, 6.07) is 0. The highest BCUT2D eigenvalue weighted by molar-refractivity contribution is 8.21. The van der Waals surface area contributed by atoms with Crippen LogP contribution >= 0.6 is 68.1 Å². The molecule has 1 fully saturated rings. The van der Waals surface area contributed by atoms with E-state index in [2.05, 4.69) is 0 Å². The maximum absolute atomic E-state index is 6.05. The lowest BCUT2D eigenvalue weighted by Crippen LogP contribution is -2.05. The van der Waals surface area contributed by atoms with E-state index in [0.717, 1.165) is 11.0 Å². The van der Waals surface area contributed by atoms with E-state index in [-0.39, 0.29) is 26.2 Å². The van der Waals surface area contributed by atoms with E-state index in [4.69, 9.17) is 66.6 Å². The van der Waals surface area contributed by atoms with Crippen LogP contribution in [0.25, 0.3) is 0 Å². The first kappa shape index (κ1) is 14.2. The molecule has 0 aliphatic carbocycles. The normalized spacial score (nSPS) is 18.3. The molecule has 94 valence electrons. The predicted molar refractivity (Wildman–Crippen MR) is 73.4 cm³/mol. The SMILES string of the molecule is ClSc1c(Cl)c(Cl)c(Cl)c(Cl)c1OCC1CO1. The van der Waals surface area contributed by atoms with Crippen molar-refractivity contribution in [2.75, 3.05) is 13.2 Å². The average Bonchev–Trinajstić information content (AvgIpc) is 3.13. The van der Waals surface area contributed by atoms with Gasteiger partial charge in [-0.25, -0.2) is 0 Å². The second kappa shape index (κ2) is 5.83. The Bertz CT molecular complexity index is 450. The van der Waals surface area contributed by atoms with Crippen LogP contribution in [0.1, 0.15) is 0 Å². The summed E-state index contributed by atoms with van der Waals surface area (Å²) in [4.78, 5) is 0.452. The number of hydrogen-bond acceptors (Lipinski definition) is 3. The third kappa shape index (κ3) is 3.03. The Morgan fingerprint density at radius 1 is 1.12 bits per heavy atom. The first-order valence-corrected chi connectivity index (χ1v) is 7.60. The highest BCUT2D eigenvalue weighted by atomic mass is 35.7. The van der Waals surface area contributed by atoms with Crippen molar-refractivity contribution in [3.05, 3.63) is 20.1 Å². The van der Waals surface area contributed by atoms with E-state index in [1.165, 1.54) is 0 Å². The number of ether oxygens (including phenoxy) is 2. The van der Waals surface area contributed by atoms with Crippen LogP contribution in [-0.4, -0.2) is 19.3 Å². The van der Waals surface area contributed by atoms with Crippen LogP contribution in [0.4, 0.5) is 0 Å². The molecule has 0 bridgehead atoms. The van der Waals surface area contributed by atoms with E-state index in [1.807, 2.05) is 0 Å². The number of hydrogen-bond donors (Lipinski definition) is 0. The second-order valence-corrected chi connectivity index (χ2v) is 5.79. The molecule has 1 aliphatic heterocycles. The Morgan fingerprint density at radius 2 is 1.71 bits per heavy atom. The number of halogens is 5. The summed E-state index contributed by atoms with van der Waals surface area (Å²) in [5.74, 6) is 0.335. The molecule has 0 saturated carbocycles. The molecular weight excluding hydrogens is 349 g/mol. The third-order valence-corrected chi connectivity index (χ3v) is 4.98. The zero-order chi connectivity index (χ0) is 12.6. The van der Waals surface area contributed by atoms with Crippen LogP contribution in [0.2, 0.25) is 20.1 Å². The van der Waals surface area contributed by atoms with Gasteiger partial charge in [-0.3, -0.25) is 0 Å². The van der Waals surface area contributed by atoms with Crippen LogP contribution in [0.5, 0.6) is 5.75 Å². The molecule has 8 heteroatoms. The van der Waals surface area contributed by atoms with Crippen molar-refractivity contribution >= 4 is 68.1 Å². The van der Waals surface area contributed by atoms with Crippen molar-refractivity contribution in [1.29, 1.82) is 0 Å². The van der Waals surface area contributed by atoms with Gasteiger partial charge in [-0.1, -0.05) is 46.4 Å². The van der Waals surface area contributed by atoms with Crippen LogP contribution in [0.15, 0.2) is 4.90 Å². The molecule has 1 unspecified atom stereocenters. The number of benzene rings is 1. The molecule has 1 saturated heterocycles. The second-order valence-electron chi connectivity index (χ2n) is 3.26. The summed E-state index contributed by atoms with van der Waals surface area (Å²) < 4.78 is 10.5. The van der Waals surface area contributed by atoms with E-state index >= 15 is 0 Å². The van der Waals surface area contributed by atoms with Gasteiger partial charge >= 0.3 is 0 Å². The lowest BCUT2D eigenvalue weighted by atomic mass is 10.3. The van der Waals surface area contributed by atoms with Gasteiger partial charge in [-0.2, -0.15) is 0 Å². The minimum Gasteiger partial charge on any atom is -0.488 e. The van der Waals surface area contributed by atoms with Crippen molar-refractivity contribution in [2.45, 2.75) is 11.0 Å². The Hall–Kier alpha value is 0.780. The van der Waals surface area contributed by atoms with Crippen molar-refractivity contribution < 1.29 is 9.47 Å². The monoisotopic (exact) mass is 352 g/mol. The van der Waals surface area contributed by atoms with Gasteiger partial charge < -0.3 is 9.47 Å². The van der Waals surface area contributed by atoms with Crippen molar-refractivity contribution in [3.8, 4) is 5.75 Å². The summed E-state index contributed by atoms with van der Waals surface area (Å²) in [5, 5.41) is 0.744. The molecule has 1 atom stereocenters. The fourth-order valence-electron chi connectivity index (χ4n) is 1.13. The quantitative estimate of drug-likeness (QED) is 0.415. The zero-order valence-corrected chi connectivity index (χ0v) is 12.7. The van der Waals surface area contributed by atoms with Gasteiger partial charge in [-0.15, -0.1) is 0 Å². The molecule has 1 aromatic carbocycles. The fourth-order valence-corrected chi connectivity index (χ4v) is 3.21. The van der Waals surface area contributed by atoms with E-state index < -0.39 is 0 Å². The Morgan fingerprint density at radius 3 is 2.24 bits per heavy atom. The molecular formula is C9H5Cl5O2S. The predicted octanol–water partition coefficient (Wildman–Crippen LogP) is 5.32. The van der Waals surface area contributed by atoms with E-state index in [9.17, 15) is 0 Å².